The van der Waals surface area contributed by atoms with Gasteiger partial charge in [0.05, 0.1) is 0 Å². The van der Waals surface area contributed by atoms with E-state index in [2.05, 4.69) is 10.6 Å². The number of amides is 2. The molecule has 6 heteroatoms. The van der Waals surface area contributed by atoms with Crippen LogP contribution >= 0.6 is 11.6 Å². The summed E-state index contributed by atoms with van der Waals surface area (Å²) in [6.45, 7) is 6.20. The first kappa shape index (κ1) is 17.3. The van der Waals surface area contributed by atoms with Crippen molar-refractivity contribution >= 4 is 23.4 Å². The largest absolute Gasteiger partial charge is 0.484 e. The number of carbonyl (C=O) groups excluding carboxylic acids is 2. The molecule has 0 bridgehead atoms. The first-order valence-corrected chi connectivity index (χ1v) is 7.21. The Hall–Kier alpha value is -1.75. The summed E-state index contributed by atoms with van der Waals surface area (Å²) in [6.07, 6.45) is 0. The third-order valence-electron chi connectivity index (χ3n) is 2.77. The summed E-state index contributed by atoms with van der Waals surface area (Å²) in [5.74, 6) is 0.306. The Labute approximate surface area is 130 Å². The molecule has 2 N–H and O–H groups in total. The third-order valence-corrected chi connectivity index (χ3v) is 3.00. The summed E-state index contributed by atoms with van der Waals surface area (Å²) >= 11 is 5.84. The van der Waals surface area contributed by atoms with E-state index in [1.807, 2.05) is 20.8 Å². The van der Waals surface area contributed by atoms with Gasteiger partial charge < -0.3 is 15.4 Å². The molecule has 0 saturated carbocycles. The molecule has 0 atom stereocenters. The first-order valence-electron chi connectivity index (χ1n) is 6.83. The average Bonchev–Trinajstić information content (AvgIpc) is 2.42. The van der Waals surface area contributed by atoms with Crippen LogP contribution in [0, 0.1) is 12.8 Å². The zero-order chi connectivity index (χ0) is 15.8. The lowest BCUT2D eigenvalue weighted by molar-refractivity contribution is -0.125. The van der Waals surface area contributed by atoms with Crippen LogP contribution in [0.2, 0.25) is 5.02 Å². The van der Waals surface area contributed by atoms with Crippen molar-refractivity contribution < 1.29 is 14.3 Å². The summed E-state index contributed by atoms with van der Waals surface area (Å²) < 4.78 is 5.41. The van der Waals surface area contributed by atoms with Crippen molar-refractivity contribution in [2.24, 2.45) is 5.92 Å². The van der Waals surface area contributed by atoms with Gasteiger partial charge in [0.1, 0.15) is 5.75 Å². The molecule has 0 aromatic heterocycles. The van der Waals surface area contributed by atoms with E-state index < -0.39 is 0 Å². The van der Waals surface area contributed by atoms with Gasteiger partial charge in [0.2, 0.25) is 5.91 Å². The van der Waals surface area contributed by atoms with Crippen molar-refractivity contribution in [1.29, 1.82) is 0 Å². The summed E-state index contributed by atoms with van der Waals surface area (Å²) in [4.78, 5) is 22.9. The van der Waals surface area contributed by atoms with E-state index in [-0.39, 0.29) is 24.3 Å². The van der Waals surface area contributed by atoms with E-state index >= 15 is 0 Å². The van der Waals surface area contributed by atoms with Crippen molar-refractivity contribution in [2.75, 3.05) is 19.7 Å². The van der Waals surface area contributed by atoms with Crippen LogP contribution in [-0.2, 0) is 9.59 Å². The Morgan fingerprint density at radius 2 is 1.90 bits per heavy atom. The predicted molar refractivity (Wildman–Crippen MR) is 82.5 cm³/mol. The zero-order valence-corrected chi connectivity index (χ0v) is 13.3. The van der Waals surface area contributed by atoms with Crippen LogP contribution in [0.5, 0.6) is 5.75 Å². The molecule has 1 rings (SSSR count). The highest BCUT2D eigenvalue weighted by Crippen LogP contribution is 2.21. The monoisotopic (exact) mass is 312 g/mol. The van der Waals surface area contributed by atoms with Gasteiger partial charge in [-0.25, -0.2) is 0 Å². The number of benzene rings is 1. The minimum absolute atomic E-state index is 0.0303. The molecular weight excluding hydrogens is 292 g/mol. The Morgan fingerprint density at radius 1 is 1.24 bits per heavy atom. The van der Waals surface area contributed by atoms with Gasteiger partial charge in [-0.15, -0.1) is 0 Å². The van der Waals surface area contributed by atoms with E-state index in [1.165, 1.54) is 0 Å². The molecule has 0 aliphatic heterocycles. The molecule has 0 heterocycles. The highest BCUT2D eigenvalue weighted by Gasteiger charge is 2.07. The Bertz CT molecular complexity index is 504. The minimum atomic E-state index is -0.233. The molecule has 5 nitrogen and oxygen atoms in total. The van der Waals surface area contributed by atoms with Gasteiger partial charge in [0.15, 0.2) is 6.61 Å². The Morgan fingerprint density at radius 3 is 2.52 bits per heavy atom. The van der Waals surface area contributed by atoms with Gasteiger partial charge in [0.25, 0.3) is 5.91 Å². The summed E-state index contributed by atoms with van der Waals surface area (Å²) in [7, 11) is 0. The maximum Gasteiger partial charge on any atom is 0.258 e. The zero-order valence-electron chi connectivity index (χ0n) is 12.5. The molecule has 0 saturated heterocycles. The van der Waals surface area contributed by atoms with Gasteiger partial charge in [-0.3, -0.25) is 9.59 Å². The molecule has 21 heavy (non-hydrogen) atoms. The Balaban J connectivity index is 2.24. The fourth-order valence-electron chi connectivity index (χ4n) is 1.56. The van der Waals surface area contributed by atoms with Crippen molar-refractivity contribution in [3.05, 3.63) is 28.8 Å². The molecule has 2 amide bonds. The van der Waals surface area contributed by atoms with E-state index in [0.717, 1.165) is 5.56 Å². The van der Waals surface area contributed by atoms with Crippen molar-refractivity contribution in [3.8, 4) is 5.75 Å². The fraction of sp³-hybridized carbons (Fsp3) is 0.467. The van der Waals surface area contributed by atoms with E-state index in [9.17, 15) is 9.59 Å². The van der Waals surface area contributed by atoms with Gasteiger partial charge in [-0.2, -0.15) is 0 Å². The normalized spacial score (nSPS) is 10.3. The van der Waals surface area contributed by atoms with Crippen molar-refractivity contribution in [1.82, 2.24) is 10.6 Å². The van der Waals surface area contributed by atoms with E-state index in [1.54, 1.807) is 18.2 Å². The minimum Gasteiger partial charge on any atom is -0.484 e. The number of aryl methyl sites for hydroxylation is 1. The van der Waals surface area contributed by atoms with Crippen LogP contribution in [0.15, 0.2) is 18.2 Å². The second-order valence-corrected chi connectivity index (χ2v) is 5.43. The van der Waals surface area contributed by atoms with Gasteiger partial charge in [-0.05, 0) is 30.7 Å². The third kappa shape index (κ3) is 6.49. The molecule has 0 aliphatic rings. The number of nitrogens with one attached hydrogen (secondary N) is 2. The number of hydrogen-bond acceptors (Lipinski definition) is 3. The quantitative estimate of drug-likeness (QED) is 0.756. The molecular formula is C15H21ClN2O3. The SMILES string of the molecule is Cc1cc(Cl)ccc1OCC(=O)NCCNC(=O)C(C)C. The first-order chi connectivity index (χ1) is 9.90. The van der Waals surface area contributed by atoms with Gasteiger partial charge in [-0.1, -0.05) is 25.4 Å². The summed E-state index contributed by atoms with van der Waals surface area (Å²) in [6, 6.07) is 5.22. The number of halogens is 1. The van der Waals surface area contributed by atoms with Crippen LogP contribution in [0.4, 0.5) is 0 Å². The summed E-state index contributed by atoms with van der Waals surface area (Å²) in [5, 5.41) is 6.02. The number of hydrogen-bond donors (Lipinski definition) is 2. The van der Waals surface area contributed by atoms with E-state index in [0.29, 0.717) is 23.9 Å². The van der Waals surface area contributed by atoms with Gasteiger partial charge >= 0.3 is 0 Å². The molecule has 0 fully saturated rings. The van der Waals surface area contributed by atoms with Gasteiger partial charge in [0, 0.05) is 24.0 Å². The van der Waals surface area contributed by atoms with Crippen LogP contribution in [0.3, 0.4) is 0 Å². The lowest BCUT2D eigenvalue weighted by Crippen LogP contribution is -2.38. The molecule has 0 unspecified atom stereocenters. The smallest absolute Gasteiger partial charge is 0.258 e. The molecule has 1 aromatic carbocycles. The topological polar surface area (TPSA) is 67.4 Å². The van der Waals surface area contributed by atoms with Crippen LogP contribution in [0.25, 0.3) is 0 Å². The highest BCUT2D eigenvalue weighted by molar-refractivity contribution is 6.30. The van der Waals surface area contributed by atoms with Crippen molar-refractivity contribution in [3.63, 3.8) is 0 Å². The average molecular weight is 313 g/mol. The maximum atomic E-state index is 11.6. The van der Waals surface area contributed by atoms with Crippen LogP contribution in [0.1, 0.15) is 19.4 Å². The second-order valence-electron chi connectivity index (χ2n) is 4.99. The highest BCUT2D eigenvalue weighted by atomic mass is 35.5. The fourth-order valence-corrected chi connectivity index (χ4v) is 1.79. The van der Waals surface area contributed by atoms with E-state index in [4.69, 9.17) is 16.3 Å². The van der Waals surface area contributed by atoms with Crippen LogP contribution < -0.4 is 15.4 Å². The molecule has 0 aliphatic carbocycles. The lowest BCUT2D eigenvalue weighted by Gasteiger charge is -2.11. The maximum absolute atomic E-state index is 11.6. The number of ether oxygens (including phenoxy) is 1. The lowest BCUT2D eigenvalue weighted by atomic mass is 10.2. The Kier molecular flexibility index (Phi) is 7.02. The number of carbonyl (C=O) groups is 2. The predicted octanol–water partition coefficient (Wildman–Crippen LogP) is 1.92. The second kappa shape index (κ2) is 8.52. The molecule has 116 valence electrons. The molecule has 0 spiro atoms. The summed E-state index contributed by atoms with van der Waals surface area (Å²) in [5.41, 5.74) is 0.875. The number of rotatable bonds is 7. The molecule has 1 aromatic rings. The molecule has 0 radical (unpaired) electrons. The van der Waals surface area contributed by atoms with Crippen LogP contribution in [-0.4, -0.2) is 31.5 Å². The van der Waals surface area contributed by atoms with Crippen molar-refractivity contribution in [2.45, 2.75) is 20.8 Å². The standard InChI is InChI=1S/C15H21ClN2O3/c1-10(2)15(20)18-7-6-17-14(19)9-21-13-5-4-12(16)8-11(13)3/h4-5,8,10H,6-7,9H2,1-3H3,(H,17,19)(H,18,20).